The van der Waals surface area contributed by atoms with Crippen LogP contribution in [-0.4, -0.2) is 19.0 Å². The molecule has 0 aromatic heterocycles. The van der Waals surface area contributed by atoms with Gasteiger partial charge in [-0.1, -0.05) is 0 Å². The number of nitrogens with one attached hydrogen (secondary N) is 1. The number of carbonyl (C=O) groups excluding carboxylic acids is 1. The van der Waals surface area contributed by atoms with Crippen LogP contribution in [0.25, 0.3) is 0 Å². The molecule has 1 N–H and O–H groups in total. The van der Waals surface area contributed by atoms with E-state index in [0.29, 0.717) is 6.54 Å². The molecule has 1 aliphatic heterocycles. The molecule has 0 fully saturated rings. The minimum atomic E-state index is 0.0707. The highest BCUT2D eigenvalue weighted by atomic mass is 127. The zero-order valence-electron chi connectivity index (χ0n) is 7.88. The van der Waals surface area contributed by atoms with Crippen molar-refractivity contribution in [2.24, 2.45) is 0 Å². The Morgan fingerprint density at radius 2 is 2.36 bits per heavy atom. The molecule has 0 saturated heterocycles. The molecule has 1 aromatic rings. The molecule has 74 valence electrons. The SMILES string of the molecule is CCN1CC(=O)Nc2cc(I)ccc21. The highest BCUT2D eigenvalue weighted by Gasteiger charge is 2.20. The van der Waals surface area contributed by atoms with Gasteiger partial charge in [0.2, 0.25) is 5.91 Å². The molecular weight excluding hydrogens is 291 g/mol. The van der Waals surface area contributed by atoms with Crippen LogP contribution in [0.2, 0.25) is 0 Å². The van der Waals surface area contributed by atoms with Gasteiger partial charge in [-0.15, -0.1) is 0 Å². The molecule has 0 saturated carbocycles. The second kappa shape index (κ2) is 3.76. The van der Waals surface area contributed by atoms with Crippen LogP contribution in [0.1, 0.15) is 6.92 Å². The van der Waals surface area contributed by atoms with Crippen molar-refractivity contribution in [1.82, 2.24) is 0 Å². The minimum absolute atomic E-state index is 0.0707. The summed E-state index contributed by atoms with van der Waals surface area (Å²) >= 11 is 2.24. The zero-order valence-corrected chi connectivity index (χ0v) is 10.0. The number of anilines is 2. The third-order valence-corrected chi connectivity index (χ3v) is 2.96. The first-order valence-corrected chi connectivity index (χ1v) is 5.63. The van der Waals surface area contributed by atoms with Gasteiger partial charge in [-0.3, -0.25) is 4.79 Å². The molecule has 0 aliphatic carbocycles. The number of rotatable bonds is 1. The van der Waals surface area contributed by atoms with Crippen molar-refractivity contribution in [3.8, 4) is 0 Å². The van der Waals surface area contributed by atoms with E-state index in [1.165, 1.54) is 0 Å². The standard InChI is InChI=1S/C10H11IN2O/c1-2-13-6-10(14)12-8-5-7(11)3-4-9(8)13/h3-5H,2,6H2,1H3,(H,12,14). The fraction of sp³-hybridized carbons (Fsp3) is 0.300. The average molecular weight is 302 g/mol. The molecule has 0 spiro atoms. The molecular formula is C10H11IN2O. The second-order valence-corrected chi connectivity index (χ2v) is 4.47. The number of hydrogen-bond donors (Lipinski definition) is 1. The Morgan fingerprint density at radius 3 is 3.07 bits per heavy atom. The van der Waals surface area contributed by atoms with Gasteiger partial charge in [0.15, 0.2) is 0 Å². The summed E-state index contributed by atoms with van der Waals surface area (Å²) in [7, 11) is 0. The summed E-state index contributed by atoms with van der Waals surface area (Å²) < 4.78 is 1.14. The van der Waals surface area contributed by atoms with E-state index in [0.717, 1.165) is 21.5 Å². The number of fused-ring (bicyclic) bond motifs is 1. The molecule has 1 heterocycles. The number of benzene rings is 1. The first-order chi connectivity index (χ1) is 6.70. The number of hydrogen-bond acceptors (Lipinski definition) is 2. The van der Waals surface area contributed by atoms with E-state index in [4.69, 9.17) is 0 Å². The van der Waals surface area contributed by atoms with Crippen LogP contribution in [0.15, 0.2) is 18.2 Å². The molecule has 1 aromatic carbocycles. The predicted octanol–water partition coefficient (Wildman–Crippen LogP) is 2.07. The number of nitrogens with zero attached hydrogens (tertiary/aromatic N) is 1. The number of likely N-dealkylation sites (N-methyl/N-ethyl adjacent to an activating group) is 1. The van der Waals surface area contributed by atoms with Crippen molar-refractivity contribution >= 4 is 39.9 Å². The fourth-order valence-corrected chi connectivity index (χ4v) is 2.11. The molecule has 0 unspecified atom stereocenters. The lowest BCUT2D eigenvalue weighted by molar-refractivity contribution is -0.115. The molecule has 0 atom stereocenters. The Hall–Kier alpha value is -0.780. The normalized spacial score (nSPS) is 15.0. The summed E-state index contributed by atoms with van der Waals surface area (Å²) in [4.78, 5) is 13.4. The van der Waals surface area contributed by atoms with Crippen molar-refractivity contribution in [3.05, 3.63) is 21.8 Å². The third-order valence-electron chi connectivity index (χ3n) is 2.29. The fourth-order valence-electron chi connectivity index (χ4n) is 1.61. The van der Waals surface area contributed by atoms with E-state index in [-0.39, 0.29) is 5.91 Å². The van der Waals surface area contributed by atoms with E-state index in [1.807, 2.05) is 6.07 Å². The Morgan fingerprint density at radius 1 is 1.57 bits per heavy atom. The minimum Gasteiger partial charge on any atom is -0.361 e. The third kappa shape index (κ3) is 1.70. The van der Waals surface area contributed by atoms with Crippen molar-refractivity contribution in [3.63, 3.8) is 0 Å². The number of halogens is 1. The number of carbonyl (C=O) groups is 1. The average Bonchev–Trinajstić information content (AvgIpc) is 2.15. The topological polar surface area (TPSA) is 32.3 Å². The van der Waals surface area contributed by atoms with E-state index in [9.17, 15) is 4.79 Å². The summed E-state index contributed by atoms with van der Waals surface area (Å²) in [5.41, 5.74) is 2.04. The predicted molar refractivity (Wildman–Crippen MR) is 65.7 cm³/mol. The van der Waals surface area contributed by atoms with E-state index >= 15 is 0 Å². The van der Waals surface area contributed by atoms with Crippen LogP contribution in [0.4, 0.5) is 11.4 Å². The molecule has 1 aliphatic rings. The molecule has 0 bridgehead atoms. The Labute approximate surface area is 96.6 Å². The van der Waals surface area contributed by atoms with Crippen molar-refractivity contribution in [1.29, 1.82) is 0 Å². The summed E-state index contributed by atoms with van der Waals surface area (Å²) in [6, 6.07) is 6.11. The highest BCUT2D eigenvalue weighted by molar-refractivity contribution is 14.1. The number of amides is 1. The van der Waals surface area contributed by atoms with E-state index in [1.54, 1.807) is 0 Å². The van der Waals surface area contributed by atoms with Crippen molar-refractivity contribution in [2.75, 3.05) is 23.3 Å². The van der Waals surface area contributed by atoms with Crippen molar-refractivity contribution < 1.29 is 4.79 Å². The molecule has 0 radical (unpaired) electrons. The van der Waals surface area contributed by atoms with Gasteiger partial charge in [-0.25, -0.2) is 0 Å². The molecule has 4 heteroatoms. The largest absolute Gasteiger partial charge is 0.361 e. The van der Waals surface area contributed by atoms with Crippen LogP contribution in [0, 0.1) is 3.57 Å². The monoisotopic (exact) mass is 302 g/mol. The maximum absolute atomic E-state index is 11.4. The van der Waals surface area contributed by atoms with E-state index < -0.39 is 0 Å². The van der Waals surface area contributed by atoms with Crippen LogP contribution >= 0.6 is 22.6 Å². The summed E-state index contributed by atoms with van der Waals surface area (Å²) in [6.45, 7) is 3.38. The summed E-state index contributed by atoms with van der Waals surface area (Å²) in [5, 5.41) is 2.88. The first kappa shape index (κ1) is 9.76. The van der Waals surface area contributed by atoms with Crippen LogP contribution in [0.3, 0.4) is 0 Å². The van der Waals surface area contributed by atoms with Gasteiger partial charge in [0, 0.05) is 10.1 Å². The summed E-state index contributed by atoms with van der Waals surface area (Å²) in [5.74, 6) is 0.0707. The maximum atomic E-state index is 11.4. The quantitative estimate of drug-likeness (QED) is 0.806. The maximum Gasteiger partial charge on any atom is 0.243 e. The Bertz CT molecular complexity index is 378. The molecule has 3 nitrogen and oxygen atoms in total. The lowest BCUT2D eigenvalue weighted by Gasteiger charge is -2.29. The van der Waals surface area contributed by atoms with Gasteiger partial charge in [-0.2, -0.15) is 0 Å². The molecule has 2 rings (SSSR count). The molecule has 1 amide bonds. The first-order valence-electron chi connectivity index (χ1n) is 4.55. The van der Waals surface area contributed by atoms with Gasteiger partial charge in [0.25, 0.3) is 0 Å². The Kier molecular flexibility index (Phi) is 2.62. The van der Waals surface area contributed by atoms with Crippen LogP contribution < -0.4 is 10.2 Å². The molecule has 14 heavy (non-hydrogen) atoms. The van der Waals surface area contributed by atoms with Crippen molar-refractivity contribution in [2.45, 2.75) is 6.92 Å². The highest BCUT2D eigenvalue weighted by Crippen LogP contribution is 2.30. The van der Waals surface area contributed by atoms with Gasteiger partial charge < -0.3 is 10.2 Å². The van der Waals surface area contributed by atoms with Gasteiger partial charge in [-0.05, 0) is 47.7 Å². The van der Waals surface area contributed by atoms with Crippen LogP contribution in [-0.2, 0) is 4.79 Å². The lowest BCUT2D eigenvalue weighted by atomic mass is 10.2. The van der Waals surface area contributed by atoms with E-state index in [2.05, 4.69) is 51.9 Å². The lowest BCUT2D eigenvalue weighted by Crippen LogP contribution is -2.37. The van der Waals surface area contributed by atoms with Gasteiger partial charge in [0.05, 0.1) is 17.9 Å². The van der Waals surface area contributed by atoms with Gasteiger partial charge >= 0.3 is 0 Å². The van der Waals surface area contributed by atoms with Crippen LogP contribution in [0.5, 0.6) is 0 Å². The summed E-state index contributed by atoms with van der Waals surface area (Å²) in [6.07, 6.45) is 0. The zero-order chi connectivity index (χ0) is 10.1. The Balaban J connectivity index is 2.45. The second-order valence-electron chi connectivity index (χ2n) is 3.22. The smallest absolute Gasteiger partial charge is 0.243 e. The van der Waals surface area contributed by atoms with Gasteiger partial charge in [0.1, 0.15) is 0 Å².